The number of hydrogen-bond donors (Lipinski definition) is 0. The minimum Gasteiger partial charge on any atom is -0.475 e. The first-order valence-electron chi connectivity index (χ1n) is 11.6. The van der Waals surface area contributed by atoms with Crippen molar-refractivity contribution in [2.24, 2.45) is 4.36 Å². The molecule has 2 aliphatic heterocycles. The summed E-state index contributed by atoms with van der Waals surface area (Å²) in [5.41, 5.74) is 2.41. The number of rotatable bonds is 6. The molecule has 3 aromatic rings. The summed E-state index contributed by atoms with van der Waals surface area (Å²) < 4.78 is 29.5. The Labute approximate surface area is 204 Å². The van der Waals surface area contributed by atoms with Gasteiger partial charge >= 0.3 is 0 Å². The number of ether oxygens (including phenoxy) is 2. The molecule has 0 aliphatic carbocycles. The van der Waals surface area contributed by atoms with Crippen LogP contribution in [-0.4, -0.2) is 99.8 Å². The summed E-state index contributed by atoms with van der Waals surface area (Å²) in [6, 6.07) is 6.06. The van der Waals surface area contributed by atoms with Gasteiger partial charge in [-0.25, -0.2) is 23.1 Å². The van der Waals surface area contributed by atoms with Crippen LogP contribution in [0.15, 0.2) is 35.1 Å². The molecule has 11 nitrogen and oxygen atoms in total. The van der Waals surface area contributed by atoms with Gasteiger partial charge in [-0.1, -0.05) is 0 Å². The van der Waals surface area contributed by atoms with E-state index in [1.165, 1.54) is 6.20 Å². The fourth-order valence-corrected chi connectivity index (χ4v) is 5.87. The lowest BCUT2D eigenvalue weighted by Crippen LogP contribution is -2.40. The molecule has 0 saturated carbocycles. The Bertz CT molecular complexity index is 1340. The van der Waals surface area contributed by atoms with Crippen molar-refractivity contribution in [3.8, 4) is 23.2 Å². The molecule has 12 heteroatoms. The minimum atomic E-state index is -2.08. The van der Waals surface area contributed by atoms with Crippen LogP contribution in [0.3, 0.4) is 0 Å². The van der Waals surface area contributed by atoms with Gasteiger partial charge in [0.15, 0.2) is 0 Å². The maximum Gasteiger partial charge on any atom is 0.233 e. The van der Waals surface area contributed by atoms with Crippen molar-refractivity contribution in [3.05, 3.63) is 36.3 Å². The molecule has 35 heavy (non-hydrogen) atoms. The molecule has 5 heterocycles. The molecule has 0 N–H and O–H groups in total. The molecule has 2 saturated heterocycles. The third-order valence-electron chi connectivity index (χ3n) is 6.39. The number of fused-ring (bicyclic) bond motifs is 1. The van der Waals surface area contributed by atoms with Gasteiger partial charge in [-0.15, -0.1) is 0 Å². The van der Waals surface area contributed by atoms with E-state index in [9.17, 15) is 9.47 Å². The summed E-state index contributed by atoms with van der Waals surface area (Å²) in [6.45, 7) is 5.85. The van der Waals surface area contributed by atoms with E-state index < -0.39 is 9.73 Å². The summed E-state index contributed by atoms with van der Waals surface area (Å²) in [5, 5.41) is 13.9. The molecule has 0 radical (unpaired) electrons. The molecule has 0 spiro atoms. The first kappa shape index (κ1) is 23.5. The Hall–Kier alpha value is -3.27. The minimum absolute atomic E-state index is 0.436. The topological polar surface area (TPSA) is 121 Å². The average Bonchev–Trinajstić information content (AvgIpc) is 3.33. The molecule has 0 bridgehead atoms. The largest absolute Gasteiger partial charge is 0.475 e. The van der Waals surface area contributed by atoms with Crippen LogP contribution in [0.4, 0.5) is 5.82 Å². The second-order valence-electron chi connectivity index (χ2n) is 8.45. The van der Waals surface area contributed by atoms with Crippen molar-refractivity contribution in [2.75, 3.05) is 76.0 Å². The molecule has 0 atom stereocenters. The lowest BCUT2D eigenvalue weighted by atomic mass is 10.1. The van der Waals surface area contributed by atoms with E-state index in [2.05, 4.69) is 30.3 Å². The molecule has 2 fully saturated rings. The zero-order valence-corrected chi connectivity index (χ0v) is 20.5. The van der Waals surface area contributed by atoms with Crippen LogP contribution in [0.2, 0.25) is 0 Å². The van der Waals surface area contributed by atoms with E-state index in [1.54, 1.807) is 24.0 Å². The van der Waals surface area contributed by atoms with Gasteiger partial charge in [0.1, 0.15) is 35.3 Å². The van der Waals surface area contributed by atoms with E-state index in [0.717, 1.165) is 44.2 Å². The Morgan fingerprint density at radius 2 is 2.00 bits per heavy atom. The molecule has 0 unspecified atom stereocenters. The van der Waals surface area contributed by atoms with Crippen molar-refractivity contribution in [1.29, 1.82) is 5.26 Å². The van der Waals surface area contributed by atoms with Crippen LogP contribution >= 0.6 is 0 Å². The van der Waals surface area contributed by atoms with Gasteiger partial charge in [0.25, 0.3) is 0 Å². The van der Waals surface area contributed by atoms with Gasteiger partial charge in [0.2, 0.25) is 5.88 Å². The number of pyridine rings is 1. The van der Waals surface area contributed by atoms with E-state index in [4.69, 9.17) is 14.5 Å². The zero-order valence-electron chi connectivity index (χ0n) is 19.7. The highest BCUT2D eigenvalue weighted by Gasteiger charge is 2.22. The van der Waals surface area contributed by atoms with Gasteiger partial charge in [0.05, 0.1) is 25.6 Å². The van der Waals surface area contributed by atoms with Gasteiger partial charge in [-0.05, 0) is 12.1 Å². The molecular weight excluding hydrogens is 468 g/mol. The molecule has 0 amide bonds. The monoisotopic (exact) mass is 496 g/mol. The van der Waals surface area contributed by atoms with Gasteiger partial charge in [-0.2, -0.15) is 10.4 Å². The number of nitriles is 1. The van der Waals surface area contributed by atoms with Crippen molar-refractivity contribution < 1.29 is 13.7 Å². The average molecular weight is 497 g/mol. The number of nitrogens with zero attached hydrogens (tertiary/aromatic N) is 8. The number of aromatic nitrogens is 4. The first-order valence-corrected chi connectivity index (χ1v) is 13.5. The van der Waals surface area contributed by atoms with E-state index in [0.29, 0.717) is 53.9 Å². The number of hydrogen-bond acceptors (Lipinski definition) is 10. The van der Waals surface area contributed by atoms with Crippen LogP contribution in [0, 0.1) is 11.3 Å². The summed E-state index contributed by atoms with van der Waals surface area (Å²) in [6.07, 6.45) is 4.98. The lowest BCUT2D eigenvalue weighted by molar-refractivity contribution is 0.0320. The SMILES string of the molecule is CN=S1(=O)CCN(c2ccc(-c3nc(OCCN4CCOCC4)cn4ncc(C#N)c34)cn2)CC1. The maximum atomic E-state index is 12.5. The highest BCUT2D eigenvalue weighted by Crippen LogP contribution is 2.28. The van der Waals surface area contributed by atoms with Crippen LogP contribution in [-0.2, 0) is 14.5 Å². The standard InChI is InChI=1S/C23H28N8O3S/c1-25-35(32)12-7-30(8-13-35)20-3-2-18(15-26-20)22-23-19(14-24)16-27-31(23)17-21(28-22)34-11-6-29-4-9-33-10-5-29/h2-3,15-17H,4-13H2,1H3. The third-order valence-corrected chi connectivity index (χ3v) is 8.70. The van der Waals surface area contributed by atoms with Crippen molar-refractivity contribution in [1.82, 2.24) is 24.5 Å². The fraction of sp³-hybridized carbons (Fsp3) is 0.478. The van der Waals surface area contributed by atoms with Gasteiger partial charge in [0, 0.05) is 72.8 Å². The normalized spacial score (nSPS) is 18.3. The van der Waals surface area contributed by atoms with Crippen LogP contribution in [0.1, 0.15) is 5.56 Å². The maximum absolute atomic E-state index is 12.5. The van der Waals surface area contributed by atoms with E-state index in [-0.39, 0.29) is 0 Å². The molecule has 3 aromatic heterocycles. The molecule has 0 aromatic carbocycles. The van der Waals surface area contributed by atoms with E-state index >= 15 is 0 Å². The van der Waals surface area contributed by atoms with Gasteiger partial charge < -0.3 is 14.4 Å². The summed E-state index contributed by atoms with van der Waals surface area (Å²) in [7, 11) is -0.453. The van der Waals surface area contributed by atoms with Gasteiger partial charge in [-0.3, -0.25) is 4.90 Å². The molecule has 5 rings (SSSR count). The van der Waals surface area contributed by atoms with Crippen LogP contribution in [0.25, 0.3) is 16.8 Å². The highest BCUT2D eigenvalue weighted by molar-refractivity contribution is 7.93. The Kier molecular flexibility index (Phi) is 6.81. The summed E-state index contributed by atoms with van der Waals surface area (Å²) in [4.78, 5) is 13.8. The number of anilines is 1. The molecule has 184 valence electrons. The second-order valence-corrected chi connectivity index (χ2v) is 11.2. The fourth-order valence-electron chi connectivity index (χ4n) is 4.29. The predicted molar refractivity (Wildman–Crippen MR) is 132 cm³/mol. The number of morpholine rings is 1. The zero-order chi connectivity index (χ0) is 24.3. The van der Waals surface area contributed by atoms with Crippen LogP contribution in [0.5, 0.6) is 5.88 Å². The third kappa shape index (κ3) is 5.07. The van der Waals surface area contributed by atoms with Crippen molar-refractivity contribution in [3.63, 3.8) is 0 Å². The smallest absolute Gasteiger partial charge is 0.233 e. The Morgan fingerprint density at radius 3 is 2.69 bits per heavy atom. The second kappa shape index (κ2) is 10.2. The highest BCUT2D eigenvalue weighted by atomic mass is 32.2. The van der Waals surface area contributed by atoms with E-state index in [1.807, 2.05) is 12.1 Å². The first-order chi connectivity index (χ1) is 17.1. The van der Waals surface area contributed by atoms with Crippen molar-refractivity contribution >= 4 is 21.1 Å². The van der Waals surface area contributed by atoms with Crippen molar-refractivity contribution in [2.45, 2.75) is 0 Å². The lowest BCUT2D eigenvalue weighted by Gasteiger charge is -2.29. The molecular formula is C23H28N8O3S. The summed E-state index contributed by atoms with van der Waals surface area (Å²) in [5.74, 6) is 2.33. The Morgan fingerprint density at radius 1 is 1.20 bits per heavy atom. The van der Waals surface area contributed by atoms with Crippen LogP contribution < -0.4 is 9.64 Å². The summed E-state index contributed by atoms with van der Waals surface area (Å²) >= 11 is 0. The predicted octanol–water partition coefficient (Wildman–Crippen LogP) is 1.29. The Balaban J connectivity index is 1.37. The quantitative estimate of drug-likeness (QED) is 0.497. The molecule has 2 aliphatic rings.